The van der Waals surface area contributed by atoms with Crippen LogP contribution in [0.5, 0.6) is 0 Å². The molecule has 0 amide bonds. The van der Waals surface area contributed by atoms with E-state index in [1.54, 1.807) is 12.1 Å². The normalized spacial score (nSPS) is 17.9. The first-order valence-corrected chi connectivity index (χ1v) is 6.36. The van der Waals surface area contributed by atoms with Crippen molar-refractivity contribution in [2.24, 2.45) is 5.41 Å². The van der Waals surface area contributed by atoms with Crippen LogP contribution in [0.4, 0.5) is 17.1 Å². The minimum absolute atomic E-state index is 0.0529. The van der Waals surface area contributed by atoms with Crippen LogP contribution in [0.25, 0.3) is 0 Å². The fourth-order valence-electron chi connectivity index (χ4n) is 2.19. The minimum atomic E-state index is -0.473. The summed E-state index contributed by atoms with van der Waals surface area (Å²) in [5.41, 5.74) is 6.82. The number of nitrogens with two attached hydrogens (primary N) is 1. The summed E-state index contributed by atoms with van der Waals surface area (Å²) in [7, 11) is 0. The molecular formula is C13H19N3O3. The van der Waals surface area contributed by atoms with Gasteiger partial charge < -0.3 is 15.8 Å². The van der Waals surface area contributed by atoms with Gasteiger partial charge >= 0.3 is 0 Å². The van der Waals surface area contributed by atoms with E-state index in [-0.39, 0.29) is 16.8 Å². The number of nitro benzene ring substituents is 1. The van der Waals surface area contributed by atoms with Crippen molar-refractivity contribution in [2.75, 3.05) is 30.8 Å². The van der Waals surface area contributed by atoms with Crippen LogP contribution < -0.4 is 11.1 Å². The average molecular weight is 265 g/mol. The van der Waals surface area contributed by atoms with Crippen LogP contribution in [0.2, 0.25) is 0 Å². The van der Waals surface area contributed by atoms with Gasteiger partial charge in [-0.15, -0.1) is 0 Å². The molecule has 0 unspecified atom stereocenters. The van der Waals surface area contributed by atoms with Gasteiger partial charge in [-0.25, -0.2) is 0 Å². The number of nitro groups is 1. The highest BCUT2D eigenvalue weighted by molar-refractivity contribution is 5.65. The molecule has 6 heteroatoms. The Bertz CT molecular complexity index is 470. The summed E-state index contributed by atoms with van der Waals surface area (Å²) in [6, 6.07) is 4.74. The summed E-state index contributed by atoms with van der Waals surface area (Å²) in [4.78, 5) is 10.2. The summed E-state index contributed by atoms with van der Waals surface area (Å²) < 4.78 is 5.36. The van der Waals surface area contributed by atoms with Gasteiger partial charge in [-0.2, -0.15) is 0 Å². The first-order valence-electron chi connectivity index (χ1n) is 6.36. The van der Waals surface area contributed by atoms with Gasteiger partial charge in [-0.3, -0.25) is 10.1 Å². The van der Waals surface area contributed by atoms with Crippen molar-refractivity contribution >= 4 is 17.1 Å². The molecule has 0 bridgehead atoms. The predicted octanol–water partition coefficient (Wildman–Crippen LogP) is 2.41. The highest BCUT2D eigenvalue weighted by Crippen LogP contribution is 2.31. The highest BCUT2D eigenvalue weighted by atomic mass is 16.6. The second-order valence-corrected chi connectivity index (χ2v) is 5.31. The molecule has 1 aliphatic rings. The molecule has 3 N–H and O–H groups in total. The zero-order chi connectivity index (χ0) is 13.9. The second-order valence-electron chi connectivity index (χ2n) is 5.31. The molecule has 0 saturated carbocycles. The molecule has 0 aromatic heterocycles. The van der Waals surface area contributed by atoms with Gasteiger partial charge in [0.25, 0.3) is 5.69 Å². The smallest absolute Gasteiger partial charge is 0.292 e. The summed E-state index contributed by atoms with van der Waals surface area (Å²) in [5, 5.41) is 14.0. The van der Waals surface area contributed by atoms with Crippen molar-refractivity contribution in [3.63, 3.8) is 0 Å². The molecular weight excluding hydrogens is 246 g/mol. The number of ether oxygens (including phenoxy) is 1. The fourth-order valence-corrected chi connectivity index (χ4v) is 2.19. The first kappa shape index (κ1) is 13.6. The van der Waals surface area contributed by atoms with Crippen molar-refractivity contribution in [3.05, 3.63) is 28.3 Å². The lowest BCUT2D eigenvalue weighted by molar-refractivity contribution is -0.383. The number of benzene rings is 1. The molecule has 1 saturated heterocycles. The Morgan fingerprint density at radius 3 is 2.74 bits per heavy atom. The maximum atomic E-state index is 10.7. The van der Waals surface area contributed by atoms with Gasteiger partial charge in [0.2, 0.25) is 0 Å². The zero-order valence-corrected chi connectivity index (χ0v) is 11.0. The second kappa shape index (κ2) is 5.44. The Morgan fingerprint density at radius 2 is 2.16 bits per heavy atom. The van der Waals surface area contributed by atoms with Crippen molar-refractivity contribution < 1.29 is 9.66 Å². The Balaban J connectivity index is 2.00. The third-order valence-electron chi connectivity index (χ3n) is 3.64. The van der Waals surface area contributed by atoms with Crippen molar-refractivity contribution in [1.82, 2.24) is 0 Å². The zero-order valence-electron chi connectivity index (χ0n) is 11.0. The fraction of sp³-hybridized carbons (Fsp3) is 0.538. The number of nitrogen functional groups attached to an aromatic ring is 1. The molecule has 6 nitrogen and oxygen atoms in total. The van der Waals surface area contributed by atoms with Crippen LogP contribution in [-0.4, -0.2) is 24.7 Å². The SMILES string of the molecule is CC1(CNc2ccc([N+](=O)[O-])c(N)c2)CCOCC1. The lowest BCUT2D eigenvalue weighted by atomic mass is 9.82. The lowest BCUT2D eigenvalue weighted by Gasteiger charge is -2.33. The van der Waals surface area contributed by atoms with Crippen LogP contribution in [0.1, 0.15) is 19.8 Å². The number of hydrogen-bond acceptors (Lipinski definition) is 5. The Kier molecular flexibility index (Phi) is 3.90. The van der Waals surface area contributed by atoms with Gasteiger partial charge in [0.05, 0.1) is 4.92 Å². The Morgan fingerprint density at radius 1 is 1.47 bits per heavy atom. The first-order chi connectivity index (χ1) is 9.00. The molecule has 104 valence electrons. The molecule has 2 rings (SSSR count). The summed E-state index contributed by atoms with van der Waals surface area (Å²) >= 11 is 0. The number of anilines is 2. The lowest BCUT2D eigenvalue weighted by Crippen LogP contribution is -2.33. The molecule has 1 heterocycles. The van der Waals surface area contributed by atoms with E-state index in [1.165, 1.54) is 6.07 Å². The van der Waals surface area contributed by atoms with Crippen LogP contribution in [0.3, 0.4) is 0 Å². The van der Waals surface area contributed by atoms with Crippen LogP contribution >= 0.6 is 0 Å². The van der Waals surface area contributed by atoms with E-state index in [1.807, 2.05) is 0 Å². The van der Waals surface area contributed by atoms with E-state index in [2.05, 4.69) is 12.2 Å². The molecule has 1 aliphatic heterocycles. The third kappa shape index (κ3) is 3.35. The monoisotopic (exact) mass is 265 g/mol. The van der Waals surface area contributed by atoms with E-state index in [0.717, 1.165) is 38.3 Å². The number of nitrogens with one attached hydrogen (secondary N) is 1. The topological polar surface area (TPSA) is 90.4 Å². The number of rotatable bonds is 4. The van der Waals surface area contributed by atoms with Gasteiger partial charge in [0, 0.05) is 31.5 Å². The molecule has 0 aliphatic carbocycles. The molecule has 1 aromatic carbocycles. The highest BCUT2D eigenvalue weighted by Gasteiger charge is 2.27. The maximum absolute atomic E-state index is 10.7. The minimum Gasteiger partial charge on any atom is -0.393 e. The summed E-state index contributed by atoms with van der Waals surface area (Å²) in [5.74, 6) is 0. The van der Waals surface area contributed by atoms with Crippen molar-refractivity contribution in [3.8, 4) is 0 Å². The van der Waals surface area contributed by atoms with Crippen LogP contribution in [-0.2, 0) is 4.74 Å². The quantitative estimate of drug-likeness (QED) is 0.495. The van der Waals surface area contributed by atoms with E-state index in [9.17, 15) is 10.1 Å². The van der Waals surface area contributed by atoms with Gasteiger partial charge in [0.1, 0.15) is 5.69 Å². The molecule has 1 fully saturated rings. The summed E-state index contributed by atoms with van der Waals surface area (Å²) in [6.07, 6.45) is 2.03. The molecule has 0 spiro atoms. The van der Waals surface area contributed by atoms with Crippen LogP contribution in [0, 0.1) is 15.5 Å². The standard InChI is InChI=1S/C13H19N3O3/c1-13(4-6-19-7-5-13)9-15-10-2-3-12(16(17)18)11(14)8-10/h2-3,8,15H,4-7,9,14H2,1H3. The van der Waals surface area contributed by atoms with Gasteiger partial charge in [-0.1, -0.05) is 6.92 Å². The van der Waals surface area contributed by atoms with Crippen molar-refractivity contribution in [2.45, 2.75) is 19.8 Å². The van der Waals surface area contributed by atoms with E-state index >= 15 is 0 Å². The average Bonchev–Trinajstić information content (AvgIpc) is 2.37. The van der Waals surface area contributed by atoms with Gasteiger partial charge in [-0.05, 0) is 30.4 Å². The molecule has 0 radical (unpaired) electrons. The largest absolute Gasteiger partial charge is 0.393 e. The maximum Gasteiger partial charge on any atom is 0.292 e. The number of nitrogens with zero attached hydrogens (tertiary/aromatic N) is 1. The molecule has 0 atom stereocenters. The van der Waals surface area contributed by atoms with Gasteiger partial charge in [0.15, 0.2) is 0 Å². The number of hydrogen-bond donors (Lipinski definition) is 2. The van der Waals surface area contributed by atoms with Crippen LogP contribution in [0.15, 0.2) is 18.2 Å². The summed E-state index contributed by atoms with van der Waals surface area (Å²) in [6.45, 7) is 4.62. The van der Waals surface area contributed by atoms with Crippen molar-refractivity contribution in [1.29, 1.82) is 0 Å². The predicted molar refractivity (Wildman–Crippen MR) is 74.2 cm³/mol. The van der Waals surface area contributed by atoms with E-state index < -0.39 is 4.92 Å². The molecule has 19 heavy (non-hydrogen) atoms. The third-order valence-corrected chi connectivity index (χ3v) is 3.64. The van der Waals surface area contributed by atoms with E-state index in [4.69, 9.17) is 10.5 Å². The molecule has 1 aromatic rings. The Hall–Kier alpha value is -1.82. The Labute approximate surface area is 112 Å². The van der Waals surface area contributed by atoms with E-state index in [0.29, 0.717) is 0 Å².